The lowest BCUT2D eigenvalue weighted by molar-refractivity contribution is -0.144. The van der Waals surface area contributed by atoms with E-state index in [0.29, 0.717) is 26.1 Å². The van der Waals surface area contributed by atoms with E-state index in [2.05, 4.69) is 0 Å². The second-order valence-electron chi connectivity index (χ2n) is 4.63. The van der Waals surface area contributed by atoms with Crippen LogP contribution in [-0.4, -0.2) is 62.8 Å². The van der Waals surface area contributed by atoms with E-state index in [4.69, 9.17) is 4.74 Å². The first-order chi connectivity index (χ1) is 8.93. The number of nitrogens with zero attached hydrogens (tertiary/aromatic N) is 1. The van der Waals surface area contributed by atoms with Crippen LogP contribution in [0, 0.1) is 0 Å². The van der Waals surface area contributed by atoms with Crippen LogP contribution in [0.1, 0.15) is 26.2 Å². The van der Waals surface area contributed by atoms with Gasteiger partial charge in [0.05, 0.1) is 31.1 Å². The maximum Gasteiger partial charge on any atom is 0.306 e. The zero-order valence-corrected chi connectivity index (χ0v) is 12.1. The Morgan fingerprint density at radius 1 is 1.16 bits per heavy atom. The molecule has 0 aromatic carbocycles. The number of ketones is 1. The number of ether oxygens (including phenoxy) is 1. The minimum absolute atomic E-state index is 0.0487. The van der Waals surface area contributed by atoms with Gasteiger partial charge < -0.3 is 4.74 Å². The molecule has 1 rings (SSSR count). The van der Waals surface area contributed by atoms with Crippen molar-refractivity contribution in [1.29, 1.82) is 0 Å². The molecule has 1 saturated heterocycles. The Balaban J connectivity index is 2.30. The molecule has 1 aliphatic heterocycles. The fourth-order valence-electron chi connectivity index (χ4n) is 1.95. The fraction of sp³-hybridized carbons (Fsp3) is 0.833. The van der Waals surface area contributed by atoms with E-state index in [1.807, 2.05) is 4.90 Å². The third kappa shape index (κ3) is 6.68. The Bertz CT molecular complexity index is 418. The Morgan fingerprint density at radius 2 is 1.89 bits per heavy atom. The highest BCUT2D eigenvalue weighted by Gasteiger charge is 2.20. The summed E-state index contributed by atoms with van der Waals surface area (Å²) in [6, 6.07) is 0. The predicted octanol–water partition coefficient (Wildman–Crippen LogP) is 0.0193. The summed E-state index contributed by atoms with van der Waals surface area (Å²) in [6.07, 6.45) is 0.814. The number of hydrogen-bond donors (Lipinski definition) is 0. The molecule has 0 bridgehead atoms. The number of rotatable bonds is 6. The zero-order valence-electron chi connectivity index (χ0n) is 11.3. The van der Waals surface area contributed by atoms with Crippen molar-refractivity contribution in [3.05, 3.63) is 0 Å². The standard InChI is InChI=1S/C12H21NO5S/c1-2-18-12(15)5-4-11(14)10-13-6-3-8-19(16,17)9-7-13/h2-10H2,1H3. The van der Waals surface area contributed by atoms with Crippen molar-refractivity contribution in [3.8, 4) is 0 Å². The van der Waals surface area contributed by atoms with Crippen molar-refractivity contribution < 1.29 is 22.7 Å². The van der Waals surface area contributed by atoms with Crippen LogP contribution in [0.2, 0.25) is 0 Å². The summed E-state index contributed by atoms with van der Waals surface area (Å²) in [4.78, 5) is 24.7. The maximum atomic E-state index is 11.7. The smallest absolute Gasteiger partial charge is 0.306 e. The van der Waals surface area contributed by atoms with Gasteiger partial charge in [0.25, 0.3) is 0 Å². The second-order valence-corrected chi connectivity index (χ2v) is 6.93. The molecule has 0 saturated carbocycles. The van der Waals surface area contributed by atoms with Crippen molar-refractivity contribution in [3.63, 3.8) is 0 Å². The molecule has 0 unspecified atom stereocenters. The van der Waals surface area contributed by atoms with Crippen LogP contribution in [-0.2, 0) is 24.2 Å². The number of carbonyl (C=O) groups is 2. The molecule has 110 valence electrons. The largest absolute Gasteiger partial charge is 0.466 e. The molecule has 19 heavy (non-hydrogen) atoms. The van der Waals surface area contributed by atoms with Crippen molar-refractivity contribution in [2.24, 2.45) is 0 Å². The lowest BCUT2D eigenvalue weighted by Crippen LogP contribution is -2.32. The monoisotopic (exact) mass is 291 g/mol. The second kappa shape index (κ2) is 7.59. The van der Waals surface area contributed by atoms with Crippen molar-refractivity contribution in [2.45, 2.75) is 26.2 Å². The molecule has 0 aliphatic carbocycles. The minimum Gasteiger partial charge on any atom is -0.466 e. The molecule has 0 amide bonds. The molecule has 0 aromatic rings. The number of Topliss-reactive ketones (excluding diaryl/α,β-unsaturated/α-hetero) is 1. The van der Waals surface area contributed by atoms with Gasteiger partial charge in [-0.2, -0.15) is 0 Å². The van der Waals surface area contributed by atoms with E-state index >= 15 is 0 Å². The van der Waals surface area contributed by atoms with Gasteiger partial charge in [-0.05, 0) is 19.9 Å². The summed E-state index contributed by atoms with van der Waals surface area (Å²) in [7, 11) is -2.95. The van der Waals surface area contributed by atoms with Gasteiger partial charge in [0.1, 0.15) is 5.78 Å². The normalized spacial score (nSPS) is 19.6. The first-order valence-corrected chi connectivity index (χ1v) is 8.35. The Labute approximate surface area is 114 Å². The van der Waals surface area contributed by atoms with Gasteiger partial charge in [-0.25, -0.2) is 8.42 Å². The van der Waals surface area contributed by atoms with Crippen molar-refractivity contribution in [2.75, 3.05) is 37.7 Å². The van der Waals surface area contributed by atoms with Gasteiger partial charge in [-0.3, -0.25) is 14.5 Å². The predicted molar refractivity (Wildman–Crippen MR) is 70.6 cm³/mol. The first-order valence-electron chi connectivity index (χ1n) is 6.53. The molecule has 0 spiro atoms. The maximum absolute atomic E-state index is 11.7. The molecule has 1 heterocycles. The van der Waals surface area contributed by atoms with Crippen LogP contribution < -0.4 is 0 Å². The van der Waals surface area contributed by atoms with E-state index in [0.717, 1.165) is 0 Å². The molecule has 6 nitrogen and oxygen atoms in total. The Morgan fingerprint density at radius 3 is 2.58 bits per heavy atom. The lowest BCUT2D eigenvalue weighted by Gasteiger charge is -2.17. The highest BCUT2D eigenvalue weighted by Crippen LogP contribution is 2.06. The van der Waals surface area contributed by atoms with Gasteiger partial charge in [0.2, 0.25) is 0 Å². The third-order valence-corrected chi connectivity index (χ3v) is 4.68. The van der Waals surface area contributed by atoms with Crippen LogP contribution in [0.3, 0.4) is 0 Å². The number of esters is 1. The fourth-order valence-corrected chi connectivity index (χ4v) is 3.26. The van der Waals surface area contributed by atoms with Gasteiger partial charge in [0, 0.05) is 13.0 Å². The molecule has 1 fully saturated rings. The quantitative estimate of drug-likeness (QED) is 0.642. The zero-order chi connectivity index (χ0) is 14.3. The van der Waals surface area contributed by atoms with Crippen LogP contribution in [0.4, 0.5) is 0 Å². The van der Waals surface area contributed by atoms with Crippen molar-refractivity contribution in [1.82, 2.24) is 4.90 Å². The highest BCUT2D eigenvalue weighted by atomic mass is 32.2. The molecular formula is C12H21NO5S. The summed E-state index contributed by atoms with van der Waals surface area (Å²) < 4.78 is 27.6. The summed E-state index contributed by atoms with van der Waals surface area (Å²) in [5, 5.41) is 0. The summed E-state index contributed by atoms with van der Waals surface area (Å²) in [5.74, 6) is -0.111. The Kier molecular flexibility index (Phi) is 6.44. The van der Waals surface area contributed by atoms with E-state index in [1.165, 1.54) is 0 Å². The molecule has 1 aliphatic rings. The topological polar surface area (TPSA) is 80.8 Å². The van der Waals surface area contributed by atoms with Gasteiger partial charge >= 0.3 is 5.97 Å². The SMILES string of the molecule is CCOC(=O)CCC(=O)CN1CCCS(=O)(=O)CC1. The molecule has 0 radical (unpaired) electrons. The number of sulfone groups is 1. The molecule has 0 N–H and O–H groups in total. The van der Waals surface area contributed by atoms with Gasteiger partial charge in [-0.1, -0.05) is 0 Å². The van der Waals surface area contributed by atoms with E-state index in [1.54, 1.807) is 6.92 Å². The molecular weight excluding hydrogens is 270 g/mol. The lowest BCUT2D eigenvalue weighted by atomic mass is 10.2. The van der Waals surface area contributed by atoms with Crippen LogP contribution >= 0.6 is 0 Å². The van der Waals surface area contributed by atoms with Crippen LogP contribution in [0.5, 0.6) is 0 Å². The van der Waals surface area contributed by atoms with Gasteiger partial charge in [0.15, 0.2) is 9.84 Å². The highest BCUT2D eigenvalue weighted by molar-refractivity contribution is 7.91. The van der Waals surface area contributed by atoms with E-state index < -0.39 is 9.84 Å². The number of hydrogen-bond acceptors (Lipinski definition) is 6. The third-order valence-electron chi connectivity index (χ3n) is 2.96. The summed E-state index contributed by atoms with van der Waals surface area (Å²) in [5.41, 5.74) is 0. The minimum atomic E-state index is -2.95. The number of carbonyl (C=O) groups excluding carboxylic acids is 2. The summed E-state index contributed by atoms with van der Waals surface area (Å²) in [6.45, 7) is 3.27. The van der Waals surface area contributed by atoms with Gasteiger partial charge in [-0.15, -0.1) is 0 Å². The average molecular weight is 291 g/mol. The molecule has 0 aromatic heterocycles. The van der Waals surface area contributed by atoms with Crippen LogP contribution in [0.15, 0.2) is 0 Å². The van der Waals surface area contributed by atoms with Crippen molar-refractivity contribution >= 4 is 21.6 Å². The van der Waals surface area contributed by atoms with E-state index in [-0.39, 0.29) is 42.6 Å². The van der Waals surface area contributed by atoms with Crippen LogP contribution in [0.25, 0.3) is 0 Å². The first kappa shape index (κ1) is 16.1. The molecule has 7 heteroatoms. The molecule has 0 atom stereocenters. The average Bonchev–Trinajstić information content (AvgIpc) is 2.49. The summed E-state index contributed by atoms with van der Waals surface area (Å²) >= 11 is 0. The van der Waals surface area contributed by atoms with E-state index in [9.17, 15) is 18.0 Å². The Hall–Kier alpha value is -0.950.